The highest BCUT2D eigenvalue weighted by molar-refractivity contribution is 5.51. The van der Waals surface area contributed by atoms with E-state index in [1.165, 1.54) is 19.4 Å². The molecule has 112 valence electrons. The zero-order chi connectivity index (χ0) is 14.4. The third-order valence-electron chi connectivity index (χ3n) is 3.59. The molecule has 0 atom stereocenters. The van der Waals surface area contributed by atoms with E-state index in [1.54, 1.807) is 0 Å². The molecular formula is C14H26N6. The first-order valence-electron chi connectivity index (χ1n) is 7.58. The number of nitrogens with one attached hydrogen (secondary N) is 1. The first kappa shape index (κ1) is 14.8. The van der Waals surface area contributed by atoms with E-state index in [9.17, 15) is 0 Å². The molecule has 1 aliphatic heterocycles. The fourth-order valence-corrected chi connectivity index (χ4v) is 2.43. The van der Waals surface area contributed by atoms with Crippen molar-refractivity contribution in [2.45, 2.75) is 26.7 Å². The van der Waals surface area contributed by atoms with Gasteiger partial charge in [0, 0.05) is 38.8 Å². The van der Waals surface area contributed by atoms with Crippen LogP contribution in [-0.2, 0) is 0 Å². The van der Waals surface area contributed by atoms with Crippen LogP contribution in [0.25, 0.3) is 0 Å². The predicted molar refractivity (Wildman–Crippen MR) is 84.2 cm³/mol. The normalized spacial score (nSPS) is 16.4. The summed E-state index contributed by atoms with van der Waals surface area (Å²) >= 11 is 0. The van der Waals surface area contributed by atoms with E-state index < -0.39 is 0 Å². The molecule has 20 heavy (non-hydrogen) atoms. The van der Waals surface area contributed by atoms with Crippen LogP contribution in [-0.4, -0.2) is 54.1 Å². The molecule has 0 bridgehead atoms. The Kier molecular flexibility index (Phi) is 5.40. The molecule has 3 N–H and O–H groups in total. The minimum absolute atomic E-state index is 0.527. The molecule has 1 aromatic rings. The first-order valence-corrected chi connectivity index (χ1v) is 7.58. The highest BCUT2D eigenvalue weighted by Crippen LogP contribution is 2.18. The number of rotatable bonds is 6. The standard InChI is InChI=1S/C14H26N6/c1-3-5-6-19-7-9-20(10-8-19)13-11-12(15)17-14(18-13)16-4-2/h11H,3-10H2,1-2H3,(H3,15,16,17,18). The van der Waals surface area contributed by atoms with Gasteiger partial charge in [-0.05, 0) is 19.9 Å². The number of nitrogens with zero attached hydrogens (tertiary/aromatic N) is 4. The number of hydrogen-bond acceptors (Lipinski definition) is 6. The Bertz CT molecular complexity index is 414. The Morgan fingerprint density at radius 3 is 2.60 bits per heavy atom. The smallest absolute Gasteiger partial charge is 0.226 e. The fourth-order valence-electron chi connectivity index (χ4n) is 2.43. The molecule has 6 heteroatoms. The van der Waals surface area contributed by atoms with Gasteiger partial charge < -0.3 is 16.0 Å². The topological polar surface area (TPSA) is 70.3 Å². The largest absolute Gasteiger partial charge is 0.383 e. The second kappa shape index (κ2) is 7.28. The van der Waals surface area contributed by atoms with Crippen molar-refractivity contribution in [1.82, 2.24) is 14.9 Å². The number of hydrogen-bond donors (Lipinski definition) is 2. The zero-order valence-electron chi connectivity index (χ0n) is 12.6. The summed E-state index contributed by atoms with van der Waals surface area (Å²) in [7, 11) is 0. The van der Waals surface area contributed by atoms with Gasteiger partial charge in [0.2, 0.25) is 5.95 Å². The van der Waals surface area contributed by atoms with E-state index in [4.69, 9.17) is 5.73 Å². The number of nitrogen functional groups attached to an aromatic ring is 1. The fraction of sp³-hybridized carbons (Fsp3) is 0.714. The summed E-state index contributed by atoms with van der Waals surface area (Å²) < 4.78 is 0. The Labute approximate surface area is 121 Å². The summed E-state index contributed by atoms with van der Waals surface area (Å²) in [6, 6.07) is 1.86. The van der Waals surface area contributed by atoms with E-state index in [1.807, 2.05) is 13.0 Å². The molecule has 0 aliphatic carbocycles. The summed E-state index contributed by atoms with van der Waals surface area (Å²) in [4.78, 5) is 13.5. The quantitative estimate of drug-likeness (QED) is 0.820. The summed E-state index contributed by atoms with van der Waals surface area (Å²) in [6.07, 6.45) is 2.54. The lowest BCUT2D eigenvalue weighted by molar-refractivity contribution is 0.253. The number of unbranched alkanes of at least 4 members (excludes halogenated alkanes) is 1. The maximum atomic E-state index is 5.86. The van der Waals surface area contributed by atoms with Crippen LogP contribution >= 0.6 is 0 Å². The van der Waals surface area contributed by atoms with Crippen LogP contribution in [0.1, 0.15) is 26.7 Å². The lowest BCUT2D eigenvalue weighted by Crippen LogP contribution is -2.47. The van der Waals surface area contributed by atoms with E-state index in [-0.39, 0.29) is 0 Å². The Hall–Kier alpha value is -1.56. The van der Waals surface area contributed by atoms with Crippen molar-refractivity contribution in [2.75, 3.05) is 55.2 Å². The molecule has 0 radical (unpaired) electrons. The maximum Gasteiger partial charge on any atom is 0.226 e. The predicted octanol–water partition coefficient (Wildman–Crippen LogP) is 1.41. The van der Waals surface area contributed by atoms with Crippen LogP contribution in [0.5, 0.6) is 0 Å². The van der Waals surface area contributed by atoms with Crippen LogP contribution < -0.4 is 16.0 Å². The third kappa shape index (κ3) is 3.96. The molecule has 1 fully saturated rings. The Morgan fingerprint density at radius 1 is 1.20 bits per heavy atom. The van der Waals surface area contributed by atoms with Crippen LogP contribution in [0.4, 0.5) is 17.6 Å². The first-order chi connectivity index (χ1) is 9.72. The molecule has 0 saturated carbocycles. The molecule has 1 saturated heterocycles. The minimum Gasteiger partial charge on any atom is -0.383 e. The molecular weight excluding hydrogens is 252 g/mol. The second-order valence-corrected chi connectivity index (χ2v) is 5.19. The van der Waals surface area contributed by atoms with Crippen molar-refractivity contribution in [1.29, 1.82) is 0 Å². The number of aromatic nitrogens is 2. The summed E-state index contributed by atoms with van der Waals surface area (Å²) in [5.41, 5.74) is 5.86. The average Bonchev–Trinajstić information content (AvgIpc) is 2.45. The van der Waals surface area contributed by atoms with Crippen LogP contribution in [0.3, 0.4) is 0 Å². The highest BCUT2D eigenvalue weighted by Gasteiger charge is 2.18. The molecule has 0 unspecified atom stereocenters. The van der Waals surface area contributed by atoms with Gasteiger partial charge in [-0.15, -0.1) is 0 Å². The molecule has 2 heterocycles. The number of nitrogens with two attached hydrogens (primary N) is 1. The Balaban J connectivity index is 1.96. The van der Waals surface area contributed by atoms with Gasteiger partial charge in [0.1, 0.15) is 11.6 Å². The molecule has 2 rings (SSSR count). The second-order valence-electron chi connectivity index (χ2n) is 5.19. The van der Waals surface area contributed by atoms with Crippen molar-refractivity contribution in [3.63, 3.8) is 0 Å². The van der Waals surface area contributed by atoms with Crippen molar-refractivity contribution in [2.24, 2.45) is 0 Å². The molecule has 6 nitrogen and oxygen atoms in total. The van der Waals surface area contributed by atoms with Crippen LogP contribution in [0.15, 0.2) is 6.07 Å². The van der Waals surface area contributed by atoms with Gasteiger partial charge in [0.05, 0.1) is 0 Å². The monoisotopic (exact) mass is 278 g/mol. The molecule has 0 spiro atoms. The van der Waals surface area contributed by atoms with Crippen molar-refractivity contribution < 1.29 is 0 Å². The van der Waals surface area contributed by atoms with Crippen molar-refractivity contribution >= 4 is 17.6 Å². The lowest BCUT2D eigenvalue weighted by Gasteiger charge is -2.35. The van der Waals surface area contributed by atoms with Gasteiger partial charge in [0.15, 0.2) is 0 Å². The van der Waals surface area contributed by atoms with E-state index >= 15 is 0 Å². The molecule has 1 aliphatic rings. The van der Waals surface area contributed by atoms with Gasteiger partial charge in [0.25, 0.3) is 0 Å². The SMILES string of the molecule is CCCCN1CCN(c2cc(N)nc(NCC)n2)CC1. The zero-order valence-corrected chi connectivity index (χ0v) is 12.6. The van der Waals surface area contributed by atoms with Crippen LogP contribution in [0.2, 0.25) is 0 Å². The lowest BCUT2D eigenvalue weighted by atomic mass is 10.2. The van der Waals surface area contributed by atoms with E-state index in [2.05, 4.69) is 32.0 Å². The van der Waals surface area contributed by atoms with E-state index in [0.717, 1.165) is 38.5 Å². The van der Waals surface area contributed by atoms with Crippen LogP contribution in [0, 0.1) is 0 Å². The molecule has 1 aromatic heterocycles. The third-order valence-corrected chi connectivity index (χ3v) is 3.59. The average molecular weight is 278 g/mol. The summed E-state index contributed by atoms with van der Waals surface area (Å²) in [6.45, 7) is 10.5. The van der Waals surface area contributed by atoms with Gasteiger partial charge >= 0.3 is 0 Å². The minimum atomic E-state index is 0.527. The van der Waals surface area contributed by atoms with Gasteiger partial charge in [-0.25, -0.2) is 0 Å². The molecule has 0 aromatic carbocycles. The van der Waals surface area contributed by atoms with Gasteiger partial charge in [-0.3, -0.25) is 4.90 Å². The number of anilines is 3. The van der Waals surface area contributed by atoms with Crippen molar-refractivity contribution in [3.05, 3.63) is 6.07 Å². The maximum absolute atomic E-state index is 5.86. The highest BCUT2D eigenvalue weighted by atomic mass is 15.3. The molecule has 0 amide bonds. The summed E-state index contributed by atoms with van der Waals surface area (Å²) in [5.74, 6) is 2.08. The summed E-state index contributed by atoms with van der Waals surface area (Å²) in [5, 5.41) is 3.13. The van der Waals surface area contributed by atoms with E-state index in [0.29, 0.717) is 11.8 Å². The Morgan fingerprint density at radius 2 is 1.95 bits per heavy atom. The van der Waals surface area contributed by atoms with Gasteiger partial charge in [-0.2, -0.15) is 9.97 Å². The number of piperazine rings is 1. The van der Waals surface area contributed by atoms with Gasteiger partial charge in [-0.1, -0.05) is 13.3 Å². The van der Waals surface area contributed by atoms with Crippen molar-refractivity contribution in [3.8, 4) is 0 Å².